The molecule has 0 unspecified atom stereocenters. The number of aromatic nitrogens is 1. The van der Waals surface area contributed by atoms with Gasteiger partial charge in [0.05, 0.1) is 23.4 Å². The molecule has 0 N–H and O–H groups in total. The van der Waals surface area contributed by atoms with E-state index in [0.29, 0.717) is 29.0 Å². The fourth-order valence-corrected chi connectivity index (χ4v) is 3.14. The number of carbonyl (C=O) groups is 3. The van der Waals surface area contributed by atoms with Gasteiger partial charge in [0.25, 0.3) is 11.8 Å². The van der Waals surface area contributed by atoms with Crippen molar-refractivity contribution in [1.29, 1.82) is 0 Å². The number of rotatable bonds is 5. The molecule has 7 nitrogen and oxygen atoms in total. The number of amides is 2. The van der Waals surface area contributed by atoms with Crippen molar-refractivity contribution in [2.45, 2.75) is 20.5 Å². The minimum absolute atomic E-state index is 0.216. The third kappa shape index (κ3) is 2.81. The average molecular weight is 346 g/mol. The lowest BCUT2D eigenvalue weighted by Gasteiger charge is -2.11. The molecule has 0 spiro atoms. The van der Waals surface area contributed by atoms with Crippen molar-refractivity contribution in [3.8, 4) is 0 Å². The summed E-state index contributed by atoms with van der Waals surface area (Å²) in [5.74, 6) is -2.09. The van der Waals surface area contributed by atoms with Crippen LogP contribution in [0, 0.1) is 6.92 Å². The van der Waals surface area contributed by atoms with Gasteiger partial charge in [0.2, 0.25) is 0 Å². The first-order valence-electron chi connectivity index (χ1n) is 7.27. The summed E-state index contributed by atoms with van der Waals surface area (Å²) in [5.41, 5.74) is 0.901. The Morgan fingerprint density at radius 2 is 1.83 bits per heavy atom. The second-order valence-corrected chi connectivity index (χ2v) is 6.07. The molecule has 0 atom stereocenters. The van der Waals surface area contributed by atoms with Crippen LogP contribution in [0.15, 0.2) is 24.3 Å². The van der Waals surface area contributed by atoms with Gasteiger partial charge < -0.3 is 9.57 Å². The van der Waals surface area contributed by atoms with E-state index in [-0.39, 0.29) is 16.0 Å². The topological polar surface area (TPSA) is 85.8 Å². The fourth-order valence-electron chi connectivity index (χ4n) is 2.27. The van der Waals surface area contributed by atoms with Crippen LogP contribution < -0.4 is 0 Å². The molecular formula is C16H14N2O5S. The maximum atomic E-state index is 12.3. The van der Waals surface area contributed by atoms with Crippen LogP contribution in [0.25, 0.3) is 0 Å². The number of benzene rings is 1. The number of ether oxygens (including phenoxy) is 1. The molecule has 1 aliphatic heterocycles. The monoisotopic (exact) mass is 346 g/mol. The molecule has 2 amide bonds. The number of fused-ring (bicyclic) bond motifs is 1. The Morgan fingerprint density at radius 3 is 2.42 bits per heavy atom. The quantitative estimate of drug-likeness (QED) is 0.773. The Bertz CT molecular complexity index is 795. The van der Waals surface area contributed by atoms with Gasteiger partial charge in [0, 0.05) is 6.61 Å². The van der Waals surface area contributed by atoms with Crippen molar-refractivity contribution in [2.24, 2.45) is 0 Å². The van der Waals surface area contributed by atoms with Gasteiger partial charge >= 0.3 is 5.97 Å². The zero-order valence-corrected chi connectivity index (χ0v) is 13.9. The van der Waals surface area contributed by atoms with Crippen molar-refractivity contribution < 1.29 is 24.0 Å². The van der Waals surface area contributed by atoms with Crippen LogP contribution in [0.4, 0.5) is 0 Å². The van der Waals surface area contributed by atoms with Crippen LogP contribution in [-0.2, 0) is 16.2 Å². The van der Waals surface area contributed by atoms with Crippen LogP contribution in [0.2, 0.25) is 0 Å². The van der Waals surface area contributed by atoms with E-state index in [4.69, 9.17) is 9.57 Å². The molecule has 0 saturated carbocycles. The molecule has 0 radical (unpaired) electrons. The molecule has 2 heterocycles. The average Bonchev–Trinajstić information content (AvgIpc) is 3.07. The molecule has 1 aromatic heterocycles. The van der Waals surface area contributed by atoms with Gasteiger partial charge in [0.1, 0.15) is 9.88 Å². The predicted molar refractivity (Wildman–Crippen MR) is 84.5 cm³/mol. The molecule has 3 rings (SSSR count). The molecule has 24 heavy (non-hydrogen) atoms. The largest absolute Gasteiger partial charge is 0.375 e. The highest BCUT2D eigenvalue weighted by molar-refractivity contribution is 7.13. The van der Waals surface area contributed by atoms with Crippen molar-refractivity contribution in [2.75, 3.05) is 6.61 Å². The molecule has 2 aromatic rings. The fraction of sp³-hybridized carbons (Fsp3) is 0.250. The van der Waals surface area contributed by atoms with Gasteiger partial charge in [-0.05, 0) is 26.0 Å². The summed E-state index contributed by atoms with van der Waals surface area (Å²) in [6.07, 6.45) is 0. The van der Waals surface area contributed by atoms with Crippen molar-refractivity contribution in [3.05, 3.63) is 51.0 Å². The molecule has 124 valence electrons. The number of thiazole rings is 1. The normalized spacial score (nSPS) is 13.3. The third-order valence-electron chi connectivity index (χ3n) is 3.39. The van der Waals surface area contributed by atoms with Gasteiger partial charge in [-0.2, -0.15) is 0 Å². The van der Waals surface area contributed by atoms with Crippen LogP contribution in [-0.4, -0.2) is 34.4 Å². The third-order valence-corrected chi connectivity index (χ3v) is 4.50. The number of hydroxylamine groups is 2. The second-order valence-electron chi connectivity index (χ2n) is 4.99. The molecule has 1 aromatic carbocycles. The van der Waals surface area contributed by atoms with E-state index in [9.17, 15) is 14.4 Å². The lowest BCUT2D eigenvalue weighted by Crippen LogP contribution is -2.32. The maximum Gasteiger partial charge on any atom is 0.375 e. The Labute approximate surface area is 141 Å². The zero-order chi connectivity index (χ0) is 17.3. The van der Waals surface area contributed by atoms with Crippen molar-refractivity contribution >= 4 is 29.1 Å². The Hall–Kier alpha value is -2.58. The number of imide groups is 1. The Balaban J connectivity index is 1.78. The van der Waals surface area contributed by atoms with Crippen LogP contribution in [0.1, 0.15) is 48.0 Å². The summed E-state index contributed by atoms with van der Waals surface area (Å²) in [4.78, 5) is 46.2. The molecule has 1 aliphatic rings. The molecule has 0 bridgehead atoms. The number of nitrogens with zero attached hydrogens (tertiary/aromatic N) is 2. The highest BCUT2D eigenvalue weighted by Gasteiger charge is 2.39. The molecular weight excluding hydrogens is 332 g/mol. The predicted octanol–water partition coefficient (Wildman–Crippen LogP) is 2.36. The van der Waals surface area contributed by atoms with Crippen LogP contribution in [0.5, 0.6) is 0 Å². The summed E-state index contributed by atoms with van der Waals surface area (Å²) in [6, 6.07) is 6.31. The van der Waals surface area contributed by atoms with E-state index in [1.54, 1.807) is 19.1 Å². The van der Waals surface area contributed by atoms with Gasteiger partial charge in [-0.15, -0.1) is 11.3 Å². The van der Waals surface area contributed by atoms with E-state index in [1.807, 2.05) is 6.92 Å². The van der Waals surface area contributed by atoms with Crippen LogP contribution >= 0.6 is 11.3 Å². The number of hydrogen-bond acceptors (Lipinski definition) is 7. The highest BCUT2D eigenvalue weighted by atomic mass is 32.1. The number of hydrogen-bond donors (Lipinski definition) is 0. The first-order chi connectivity index (χ1) is 11.5. The van der Waals surface area contributed by atoms with Crippen molar-refractivity contribution in [3.63, 3.8) is 0 Å². The van der Waals surface area contributed by atoms with E-state index in [0.717, 1.165) is 11.3 Å². The second kappa shape index (κ2) is 6.50. The first-order valence-corrected chi connectivity index (χ1v) is 8.08. The summed E-state index contributed by atoms with van der Waals surface area (Å²) in [7, 11) is 0. The first kappa shape index (κ1) is 16.3. The summed E-state index contributed by atoms with van der Waals surface area (Å²) in [5, 5.41) is 1.12. The number of aryl methyl sites for hydroxylation is 1. The smallest absolute Gasteiger partial charge is 0.375 e. The molecule has 0 saturated heterocycles. The standard InChI is InChI=1S/C16H14N2O5S/c1-3-22-8-12-17-9(2)13(24-12)16(21)23-18-14(19)10-6-4-5-7-11(10)15(18)20/h4-7H,3,8H2,1-2H3. The van der Waals surface area contributed by atoms with Gasteiger partial charge in [-0.1, -0.05) is 17.2 Å². The Morgan fingerprint density at radius 1 is 1.21 bits per heavy atom. The van der Waals surface area contributed by atoms with E-state index in [2.05, 4.69) is 4.98 Å². The number of carbonyl (C=O) groups excluding carboxylic acids is 3. The molecule has 0 aliphatic carbocycles. The van der Waals surface area contributed by atoms with Gasteiger partial charge in [-0.3, -0.25) is 9.59 Å². The van der Waals surface area contributed by atoms with E-state index < -0.39 is 17.8 Å². The van der Waals surface area contributed by atoms with Gasteiger partial charge in [0.15, 0.2) is 0 Å². The van der Waals surface area contributed by atoms with E-state index in [1.165, 1.54) is 12.1 Å². The summed E-state index contributed by atoms with van der Waals surface area (Å²) >= 11 is 1.12. The molecule has 8 heteroatoms. The minimum atomic E-state index is -0.790. The molecule has 0 fully saturated rings. The zero-order valence-electron chi connectivity index (χ0n) is 13.1. The van der Waals surface area contributed by atoms with Crippen LogP contribution in [0.3, 0.4) is 0 Å². The maximum absolute atomic E-state index is 12.3. The highest BCUT2D eigenvalue weighted by Crippen LogP contribution is 2.25. The SMILES string of the molecule is CCOCc1nc(C)c(C(=O)ON2C(=O)c3ccccc3C2=O)s1. The lowest BCUT2D eigenvalue weighted by atomic mass is 10.1. The summed E-state index contributed by atoms with van der Waals surface area (Å²) < 4.78 is 5.25. The van der Waals surface area contributed by atoms with Crippen molar-refractivity contribution in [1.82, 2.24) is 10.0 Å². The summed E-state index contributed by atoms with van der Waals surface area (Å²) in [6.45, 7) is 4.35. The Kier molecular flexibility index (Phi) is 4.41. The van der Waals surface area contributed by atoms with Gasteiger partial charge in [-0.25, -0.2) is 9.78 Å². The lowest BCUT2D eigenvalue weighted by molar-refractivity contribution is -0.0581. The van der Waals surface area contributed by atoms with E-state index >= 15 is 0 Å². The minimum Gasteiger partial charge on any atom is -0.375 e.